The van der Waals surface area contributed by atoms with Gasteiger partial charge in [0, 0.05) is 29.7 Å². The second-order valence-corrected chi connectivity index (χ2v) is 6.73. The predicted octanol–water partition coefficient (Wildman–Crippen LogP) is 2.06. The first-order chi connectivity index (χ1) is 10.4. The maximum absolute atomic E-state index is 12.3. The summed E-state index contributed by atoms with van der Waals surface area (Å²) in [5, 5.41) is 9.48. The highest BCUT2D eigenvalue weighted by Crippen LogP contribution is 2.22. The molecule has 0 saturated carbocycles. The van der Waals surface area contributed by atoms with Crippen molar-refractivity contribution in [3.8, 4) is 0 Å². The molecule has 2 rings (SSSR count). The maximum Gasteiger partial charge on any atom is 0.224 e. The van der Waals surface area contributed by atoms with Crippen LogP contribution in [0.15, 0.2) is 17.5 Å². The fraction of sp³-hybridized carbons (Fsp3) is 0.500. The van der Waals surface area contributed by atoms with Crippen LogP contribution in [0.4, 0.5) is 0 Å². The zero-order valence-electron chi connectivity index (χ0n) is 13.9. The molecule has 2 aromatic rings. The Hall–Kier alpha value is -1.66. The van der Waals surface area contributed by atoms with Gasteiger partial charge in [-0.3, -0.25) is 9.48 Å². The number of rotatable bonds is 6. The highest BCUT2D eigenvalue weighted by atomic mass is 32.1. The highest BCUT2D eigenvalue weighted by Gasteiger charge is 2.18. The van der Waals surface area contributed by atoms with Gasteiger partial charge in [0.15, 0.2) is 0 Å². The van der Waals surface area contributed by atoms with E-state index < -0.39 is 0 Å². The number of aryl methyl sites for hydroxylation is 2. The Morgan fingerprint density at radius 3 is 2.68 bits per heavy atom. The van der Waals surface area contributed by atoms with Crippen LogP contribution in [0.3, 0.4) is 0 Å². The number of carbonyl (C=O) groups excluding carboxylic acids is 1. The molecule has 0 radical (unpaired) electrons. The molecular weight excluding hydrogens is 296 g/mol. The molecule has 1 atom stereocenters. The summed E-state index contributed by atoms with van der Waals surface area (Å²) < 4.78 is 1.83. The summed E-state index contributed by atoms with van der Waals surface area (Å²) in [5.74, 6) is 0.0441. The minimum Gasteiger partial charge on any atom is -0.354 e. The molecule has 0 fully saturated rings. The molecule has 0 saturated heterocycles. The predicted molar refractivity (Wildman–Crippen MR) is 90.1 cm³/mol. The Kier molecular flexibility index (Phi) is 5.37. The Bertz CT molecular complexity index is 631. The Balaban J connectivity index is 1.97. The summed E-state index contributed by atoms with van der Waals surface area (Å²) in [6.45, 7) is 4.56. The van der Waals surface area contributed by atoms with Gasteiger partial charge < -0.3 is 10.2 Å². The second kappa shape index (κ2) is 7.07. The average molecular weight is 320 g/mol. The van der Waals surface area contributed by atoms with Gasteiger partial charge in [-0.2, -0.15) is 5.10 Å². The van der Waals surface area contributed by atoms with Crippen molar-refractivity contribution >= 4 is 17.2 Å². The number of aromatic nitrogens is 2. The molecule has 1 N–H and O–H groups in total. The van der Waals surface area contributed by atoms with Gasteiger partial charge >= 0.3 is 0 Å². The van der Waals surface area contributed by atoms with Gasteiger partial charge in [0.1, 0.15) is 0 Å². The molecule has 120 valence electrons. The summed E-state index contributed by atoms with van der Waals surface area (Å²) in [5.41, 5.74) is 3.00. The smallest absolute Gasteiger partial charge is 0.224 e. The van der Waals surface area contributed by atoms with Crippen molar-refractivity contribution in [3.05, 3.63) is 39.3 Å². The van der Waals surface area contributed by atoms with E-state index in [1.165, 1.54) is 4.88 Å². The zero-order valence-corrected chi connectivity index (χ0v) is 14.7. The normalized spacial score (nSPS) is 12.6. The van der Waals surface area contributed by atoms with Gasteiger partial charge in [-0.05, 0) is 39.4 Å². The third kappa shape index (κ3) is 3.75. The van der Waals surface area contributed by atoms with Crippen molar-refractivity contribution in [1.29, 1.82) is 0 Å². The number of amides is 1. The topological polar surface area (TPSA) is 50.2 Å². The van der Waals surface area contributed by atoms with E-state index in [2.05, 4.69) is 26.8 Å². The molecule has 0 aromatic carbocycles. The number of carbonyl (C=O) groups is 1. The van der Waals surface area contributed by atoms with Crippen LogP contribution in [0.1, 0.15) is 27.9 Å². The van der Waals surface area contributed by atoms with Crippen molar-refractivity contribution in [2.45, 2.75) is 26.3 Å². The molecule has 22 heavy (non-hydrogen) atoms. The van der Waals surface area contributed by atoms with Crippen molar-refractivity contribution in [2.24, 2.45) is 7.05 Å². The zero-order chi connectivity index (χ0) is 16.3. The van der Waals surface area contributed by atoms with E-state index in [1.54, 1.807) is 11.3 Å². The highest BCUT2D eigenvalue weighted by molar-refractivity contribution is 7.10. The molecule has 0 spiro atoms. The van der Waals surface area contributed by atoms with Gasteiger partial charge in [0.05, 0.1) is 18.2 Å². The van der Waals surface area contributed by atoms with Crippen LogP contribution in [0, 0.1) is 13.8 Å². The van der Waals surface area contributed by atoms with Crippen LogP contribution in [-0.4, -0.2) is 41.2 Å². The molecule has 2 heterocycles. The minimum absolute atomic E-state index is 0.0441. The lowest BCUT2D eigenvalue weighted by molar-refractivity contribution is -0.120. The Labute approximate surface area is 135 Å². The van der Waals surface area contributed by atoms with Gasteiger partial charge in [-0.25, -0.2) is 0 Å². The molecule has 0 bridgehead atoms. The molecule has 1 amide bonds. The number of likely N-dealkylation sites (N-methyl/N-ethyl adjacent to an activating group) is 1. The standard InChI is InChI=1S/C16H24N4OS/c1-11-13(12(2)20(5)18-11)9-16(21)17-10-14(19(3)4)15-7-6-8-22-15/h6-8,14H,9-10H2,1-5H3,(H,17,21)/t14-/m0/s1. The van der Waals surface area contributed by atoms with E-state index in [4.69, 9.17) is 0 Å². The monoisotopic (exact) mass is 320 g/mol. The lowest BCUT2D eigenvalue weighted by Gasteiger charge is -2.23. The lowest BCUT2D eigenvalue weighted by atomic mass is 10.1. The van der Waals surface area contributed by atoms with Gasteiger partial charge in [-0.15, -0.1) is 11.3 Å². The minimum atomic E-state index is 0.0441. The number of hydrogen-bond donors (Lipinski definition) is 1. The van der Waals surface area contributed by atoms with E-state index in [9.17, 15) is 4.79 Å². The van der Waals surface area contributed by atoms with E-state index >= 15 is 0 Å². The summed E-state index contributed by atoms with van der Waals surface area (Å²) in [6, 6.07) is 4.36. The fourth-order valence-corrected chi connectivity index (χ4v) is 3.45. The van der Waals surface area contributed by atoms with Crippen LogP contribution in [0.25, 0.3) is 0 Å². The van der Waals surface area contributed by atoms with E-state index in [0.717, 1.165) is 17.0 Å². The maximum atomic E-state index is 12.3. The van der Waals surface area contributed by atoms with Crippen LogP contribution < -0.4 is 5.32 Å². The molecule has 0 unspecified atom stereocenters. The van der Waals surface area contributed by atoms with Gasteiger partial charge in [0.2, 0.25) is 5.91 Å². The van der Waals surface area contributed by atoms with Crippen molar-refractivity contribution < 1.29 is 4.79 Å². The van der Waals surface area contributed by atoms with E-state index in [0.29, 0.717) is 13.0 Å². The summed E-state index contributed by atoms with van der Waals surface area (Å²) in [6.07, 6.45) is 0.385. The number of thiophene rings is 1. The first-order valence-electron chi connectivity index (χ1n) is 7.35. The second-order valence-electron chi connectivity index (χ2n) is 5.75. The fourth-order valence-electron chi connectivity index (χ4n) is 2.53. The van der Waals surface area contributed by atoms with Gasteiger partial charge in [-0.1, -0.05) is 6.07 Å². The third-order valence-electron chi connectivity index (χ3n) is 3.98. The number of nitrogens with zero attached hydrogens (tertiary/aromatic N) is 3. The molecular formula is C16H24N4OS. The molecule has 2 aromatic heterocycles. The van der Waals surface area contributed by atoms with Crippen molar-refractivity contribution in [1.82, 2.24) is 20.0 Å². The summed E-state index contributed by atoms with van der Waals surface area (Å²) in [4.78, 5) is 15.7. The SMILES string of the molecule is Cc1nn(C)c(C)c1CC(=O)NC[C@@H](c1cccs1)N(C)C. The van der Waals surface area contributed by atoms with Crippen molar-refractivity contribution in [3.63, 3.8) is 0 Å². The van der Waals surface area contributed by atoms with E-state index in [-0.39, 0.29) is 11.9 Å². The van der Waals surface area contributed by atoms with Crippen LogP contribution in [0.2, 0.25) is 0 Å². The van der Waals surface area contributed by atoms with Crippen molar-refractivity contribution in [2.75, 3.05) is 20.6 Å². The van der Waals surface area contributed by atoms with Gasteiger partial charge in [0.25, 0.3) is 0 Å². The first-order valence-corrected chi connectivity index (χ1v) is 8.23. The summed E-state index contributed by atoms with van der Waals surface area (Å²) >= 11 is 1.72. The first kappa shape index (κ1) is 16.7. The molecule has 0 aliphatic rings. The lowest BCUT2D eigenvalue weighted by Crippen LogP contribution is -2.35. The van der Waals surface area contributed by atoms with E-state index in [1.807, 2.05) is 45.7 Å². The number of nitrogens with one attached hydrogen (secondary N) is 1. The third-order valence-corrected chi connectivity index (χ3v) is 4.96. The average Bonchev–Trinajstić information content (AvgIpc) is 3.04. The molecule has 6 heteroatoms. The van der Waals surface area contributed by atoms with Crippen LogP contribution in [0.5, 0.6) is 0 Å². The Morgan fingerprint density at radius 2 is 2.18 bits per heavy atom. The molecule has 0 aliphatic carbocycles. The van der Waals surface area contributed by atoms with Crippen LogP contribution >= 0.6 is 11.3 Å². The quantitative estimate of drug-likeness (QED) is 0.886. The Morgan fingerprint density at radius 1 is 1.45 bits per heavy atom. The molecule has 5 nitrogen and oxygen atoms in total. The number of hydrogen-bond acceptors (Lipinski definition) is 4. The molecule has 0 aliphatic heterocycles. The summed E-state index contributed by atoms with van der Waals surface area (Å²) in [7, 11) is 5.97. The van der Waals surface area contributed by atoms with Crippen LogP contribution in [-0.2, 0) is 18.3 Å². The largest absolute Gasteiger partial charge is 0.354 e.